The summed E-state index contributed by atoms with van der Waals surface area (Å²) in [6.07, 6.45) is 0.202. The van der Waals surface area contributed by atoms with Crippen molar-refractivity contribution in [1.82, 2.24) is 19.6 Å². The number of rotatable bonds is 5. The fourth-order valence-corrected chi connectivity index (χ4v) is 4.75. The van der Waals surface area contributed by atoms with Crippen LogP contribution < -0.4 is 0 Å². The van der Waals surface area contributed by atoms with Crippen molar-refractivity contribution in [3.8, 4) is 0 Å². The highest BCUT2D eigenvalue weighted by atomic mass is 32.2. The molecular weight excluding hydrogens is 413 g/mol. The van der Waals surface area contributed by atoms with Gasteiger partial charge in [0.05, 0.1) is 12.3 Å². The van der Waals surface area contributed by atoms with E-state index in [9.17, 15) is 18.0 Å². The number of alkyl halides is 3. The van der Waals surface area contributed by atoms with Crippen molar-refractivity contribution in [3.63, 3.8) is 0 Å². The van der Waals surface area contributed by atoms with Crippen molar-refractivity contribution in [3.05, 3.63) is 18.0 Å². The van der Waals surface area contributed by atoms with Crippen LogP contribution in [0.4, 0.5) is 13.2 Å². The fraction of sp³-hybridized carbons (Fsp3) is 0.706. The van der Waals surface area contributed by atoms with E-state index in [-0.39, 0.29) is 18.6 Å². The molecule has 2 aliphatic heterocycles. The third kappa shape index (κ3) is 6.89. The van der Waals surface area contributed by atoms with Crippen LogP contribution in [-0.2, 0) is 27.9 Å². The van der Waals surface area contributed by atoms with Gasteiger partial charge in [-0.15, -0.1) is 11.8 Å². The van der Waals surface area contributed by atoms with Crippen molar-refractivity contribution < 1.29 is 32.6 Å². The van der Waals surface area contributed by atoms with Crippen LogP contribution in [-0.4, -0.2) is 93.1 Å². The van der Waals surface area contributed by atoms with Crippen LogP contribution in [0.2, 0.25) is 0 Å². The van der Waals surface area contributed by atoms with Gasteiger partial charge in [-0.25, -0.2) is 4.79 Å². The van der Waals surface area contributed by atoms with Gasteiger partial charge in [0, 0.05) is 63.0 Å². The first-order valence-electron chi connectivity index (χ1n) is 8.86. The van der Waals surface area contributed by atoms with Crippen molar-refractivity contribution in [2.24, 2.45) is 7.05 Å². The van der Waals surface area contributed by atoms with Gasteiger partial charge in [0.2, 0.25) is 5.91 Å². The predicted molar refractivity (Wildman–Crippen MR) is 100 cm³/mol. The van der Waals surface area contributed by atoms with E-state index in [1.165, 1.54) is 5.56 Å². The molecule has 164 valence electrons. The van der Waals surface area contributed by atoms with Crippen LogP contribution in [0.3, 0.4) is 0 Å². The average molecular weight is 438 g/mol. The van der Waals surface area contributed by atoms with Crippen molar-refractivity contribution in [2.75, 3.05) is 39.5 Å². The number of likely N-dealkylation sites (tertiary alicyclic amines) is 1. The summed E-state index contributed by atoms with van der Waals surface area (Å²) in [5.41, 5.74) is 1.27. The Morgan fingerprint density at radius 3 is 2.52 bits per heavy atom. The first-order chi connectivity index (χ1) is 13.4. The van der Waals surface area contributed by atoms with Gasteiger partial charge in [0.1, 0.15) is 6.61 Å². The van der Waals surface area contributed by atoms with E-state index in [4.69, 9.17) is 14.6 Å². The summed E-state index contributed by atoms with van der Waals surface area (Å²) in [7, 11) is 5.47. The Morgan fingerprint density at radius 2 is 2.03 bits per heavy atom. The molecule has 8 nitrogen and oxygen atoms in total. The summed E-state index contributed by atoms with van der Waals surface area (Å²) in [4.78, 5) is 24.5. The zero-order valence-electron chi connectivity index (χ0n) is 16.5. The topological polar surface area (TPSA) is 87.9 Å². The molecule has 2 aliphatic rings. The number of halogens is 3. The summed E-state index contributed by atoms with van der Waals surface area (Å²) in [6, 6.07) is 0. The SMILES string of the molecule is CN(C)C(=O)COC1CSC2(C1)CN(Cc1cnn(C)c1)C2.O=C(O)C(F)(F)F. The van der Waals surface area contributed by atoms with Gasteiger partial charge >= 0.3 is 12.1 Å². The van der Waals surface area contributed by atoms with Gasteiger partial charge in [0.15, 0.2) is 0 Å². The number of carbonyl (C=O) groups excluding carboxylic acids is 1. The second kappa shape index (κ2) is 9.35. The molecule has 2 fully saturated rings. The number of aryl methyl sites for hydroxylation is 1. The highest BCUT2D eigenvalue weighted by molar-refractivity contribution is 8.01. The zero-order chi connectivity index (χ0) is 21.8. The molecule has 0 saturated carbocycles. The number of aromatic nitrogens is 2. The minimum Gasteiger partial charge on any atom is -0.475 e. The first kappa shape index (κ1) is 23.5. The lowest BCUT2D eigenvalue weighted by molar-refractivity contribution is -0.192. The molecule has 29 heavy (non-hydrogen) atoms. The molecule has 0 aromatic carbocycles. The average Bonchev–Trinajstić information content (AvgIpc) is 3.18. The fourth-order valence-electron chi connectivity index (χ4n) is 3.14. The minimum absolute atomic E-state index is 0.0396. The molecule has 3 heterocycles. The number of nitrogens with zero attached hydrogens (tertiary/aromatic N) is 4. The normalized spacial score (nSPS) is 20.7. The van der Waals surface area contributed by atoms with Crippen LogP contribution >= 0.6 is 11.8 Å². The molecule has 1 N–H and O–H groups in total. The van der Waals surface area contributed by atoms with Gasteiger partial charge in [-0.3, -0.25) is 14.4 Å². The van der Waals surface area contributed by atoms with Gasteiger partial charge in [-0.05, 0) is 6.42 Å². The molecule has 1 atom stereocenters. The van der Waals surface area contributed by atoms with Gasteiger partial charge < -0.3 is 14.7 Å². The number of hydrogen-bond donors (Lipinski definition) is 1. The molecule has 1 aromatic heterocycles. The maximum Gasteiger partial charge on any atom is 0.490 e. The molecule has 1 unspecified atom stereocenters. The van der Waals surface area contributed by atoms with Crippen LogP contribution in [0, 0.1) is 0 Å². The maximum atomic E-state index is 11.6. The summed E-state index contributed by atoms with van der Waals surface area (Å²) in [5, 5.41) is 11.3. The lowest BCUT2D eigenvalue weighted by Gasteiger charge is -2.47. The number of carboxylic acids is 1. The minimum atomic E-state index is -5.08. The Balaban J connectivity index is 0.000000370. The largest absolute Gasteiger partial charge is 0.490 e. The van der Waals surface area contributed by atoms with Crippen molar-refractivity contribution >= 4 is 23.6 Å². The number of hydrogen-bond acceptors (Lipinski definition) is 6. The smallest absolute Gasteiger partial charge is 0.475 e. The van der Waals surface area contributed by atoms with Gasteiger partial charge in [0.25, 0.3) is 0 Å². The van der Waals surface area contributed by atoms with Crippen molar-refractivity contribution in [2.45, 2.75) is 30.0 Å². The molecule has 1 amide bonds. The number of thioether (sulfide) groups is 1. The molecule has 12 heteroatoms. The summed E-state index contributed by atoms with van der Waals surface area (Å²) in [6.45, 7) is 3.39. The van der Waals surface area contributed by atoms with Crippen LogP contribution in [0.25, 0.3) is 0 Å². The third-order valence-electron chi connectivity index (χ3n) is 4.55. The van der Waals surface area contributed by atoms with E-state index >= 15 is 0 Å². The quantitative estimate of drug-likeness (QED) is 0.740. The summed E-state index contributed by atoms with van der Waals surface area (Å²) in [5.74, 6) is -1.72. The lowest BCUT2D eigenvalue weighted by atomic mass is 9.92. The molecule has 0 radical (unpaired) electrons. The Kier molecular flexibility index (Phi) is 7.57. The summed E-state index contributed by atoms with van der Waals surface area (Å²) < 4.78 is 39.7. The third-order valence-corrected chi connectivity index (χ3v) is 6.12. The molecule has 0 aliphatic carbocycles. The van der Waals surface area contributed by atoms with E-state index < -0.39 is 12.1 Å². The number of likely N-dealkylation sites (N-methyl/N-ethyl adjacent to an activating group) is 1. The second-order valence-electron chi connectivity index (χ2n) is 7.39. The monoisotopic (exact) mass is 438 g/mol. The molecule has 3 rings (SSSR count). The first-order valence-corrected chi connectivity index (χ1v) is 9.84. The Bertz CT molecular complexity index is 720. The van der Waals surface area contributed by atoms with E-state index in [0.717, 1.165) is 31.8 Å². The van der Waals surface area contributed by atoms with Crippen molar-refractivity contribution in [1.29, 1.82) is 0 Å². The standard InChI is InChI=1S/C15H24N4O2S.C2HF3O2/c1-17(2)14(20)8-21-13-4-15(22-9-13)10-19(11-15)7-12-5-16-18(3)6-12;3-2(4,5)1(6)7/h5-6,13H,4,7-11H2,1-3H3;(H,6,7). The summed E-state index contributed by atoms with van der Waals surface area (Å²) >= 11 is 2.01. The number of ether oxygens (including phenoxy) is 1. The van der Waals surface area contributed by atoms with E-state index in [1.54, 1.807) is 19.0 Å². The lowest BCUT2D eigenvalue weighted by Crippen LogP contribution is -2.58. The predicted octanol–water partition coefficient (Wildman–Crippen LogP) is 1.22. The number of amides is 1. The highest BCUT2D eigenvalue weighted by Gasteiger charge is 2.49. The molecular formula is C17H25F3N4O4S. The highest BCUT2D eigenvalue weighted by Crippen LogP contribution is 2.46. The van der Waals surface area contributed by atoms with Gasteiger partial charge in [-0.2, -0.15) is 18.3 Å². The number of carboxylic acid groups (broad SMARTS) is 1. The second-order valence-corrected chi connectivity index (χ2v) is 8.88. The van der Waals surface area contributed by atoms with E-state index in [1.807, 2.05) is 29.7 Å². The van der Waals surface area contributed by atoms with Crippen LogP contribution in [0.15, 0.2) is 12.4 Å². The number of aliphatic carboxylic acids is 1. The van der Waals surface area contributed by atoms with E-state index in [0.29, 0.717) is 4.75 Å². The molecule has 2 saturated heterocycles. The Labute approximate surface area is 171 Å². The number of carbonyl (C=O) groups is 2. The molecule has 0 bridgehead atoms. The molecule has 1 spiro atoms. The van der Waals surface area contributed by atoms with Crippen LogP contribution in [0.5, 0.6) is 0 Å². The van der Waals surface area contributed by atoms with Gasteiger partial charge in [-0.1, -0.05) is 0 Å². The van der Waals surface area contributed by atoms with E-state index in [2.05, 4.69) is 16.2 Å². The molecule has 1 aromatic rings. The Hall–Kier alpha value is -1.79. The zero-order valence-corrected chi connectivity index (χ0v) is 17.3. The Morgan fingerprint density at radius 1 is 1.41 bits per heavy atom. The maximum absolute atomic E-state index is 11.6. The van der Waals surface area contributed by atoms with Crippen LogP contribution in [0.1, 0.15) is 12.0 Å².